The average molecular weight is 291 g/mol. The lowest BCUT2D eigenvalue weighted by atomic mass is 10.2. The van der Waals surface area contributed by atoms with Crippen LogP contribution in [0.1, 0.15) is 31.8 Å². The van der Waals surface area contributed by atoms with Crippen molar-refractivity contribution >= 4 is 17.0 Å². The Hall–Kier alpha value is -2.28. The van der Waals surface area contributed by atoms with Crippen molar-refractivity contribution in [2.75, 3.05) is 13.2 Å². The lowest BCUT2D eigenvalue weighted by molar-refractivity contribution is -0.140. The Labute approximate surface area is 121 Å². The van der Waals surface area contributed by atoms with Crippen molar-refractivity contribution in [1.29, 1.82) is 0 Å². The Morgan fingerprint density at radius 1 is 1.33 bits per heavy atom. The molecule has 0 radical (unpaired) electrons. The van der Waals surface area contributed by atoms with Gasteiger partial charge in [0, 0.05) is 12.1 Å². The predicted molar refractivity (Wildman–Crippen MR) is 75.7 cm³/mol. The summed E-state index contributed by atoms with van der Waals surface area (Å²) in [5, 5.41) is 9.31. The van der Waals surface area contributed by atoms with Gasteiger partial charge in [-0.1, -0.05) is 0 Å². The molecule has 112 valence electrons. The highest BCUT2D eigenvalue weighted by molar-refractivity contribution is 5.83. The molecule has 1 aromatic carbocycles. The van der Waals surface area contributed by atoms with Gasteiger partial charge in [-0.15, -0.1) is 0 Å². The maximum atomic E-state index is 11.4. The van der Waals surface area contributed by atoms with Gasteiger partial charge in [0.25, 0.3) is 0 Å². The number of benzene rings is 1. The third-order valence-corrected chi connectivity index (χ3v) is 3.53. The molecule has 0 saturated heterocycles. The van der Waals surface area contributed by atoms with Crippen molar-refractivity contribution in [2.24, 2.45) is 5.73 Å². The minimum Gasteiger partial charge on any atom is -0.486 e. The summed E-state index contributed by atoms with van der Waals surface area (Å²) in [6.07, 6.45) is 0. The molecular weight excluding hydrogens is 274 g/mol. The zero-order valence-corrected chi connectivity index (χ0v) is 11.9. The van der Waals surface area contributed by atoms with E-state index in [4.69, 9.17) is 15.2 Å². The van der Waals surface area contributed by atoms with E-state index in [9.17, 15) is 9.90 Å². The molecule has 3 rings (SSSR count). The normalized spacial score (nSPS) is 16.7. The first-order valence-corrected chi connectivity index (χ1v) is 6.79. The quantitative estimate of drug-likeness (QED) is 0.888. The molecule has 2 atom stereocenters. The van der Waals surface area contributed by atoms with Gasteiger partial charge in [-0.3, -0.25) is 0 Å². The highest BCUT2D eigenvalue weighted by Crippen LogP contribution is 2.36. The molecule has 0 fully saturated rings. The number of aliphatic carboxylic acids is 1. The number of hydrogen-bond acceptors (Lipinski definition) is 5. The molecule has 3 N–H and O–H groups in total. The van der Waals surface area contributed by atoms with Crippen LogP contribution in [-0.2, 0) is 4.79 Å². The molecular formula is C14H17N3O4. The van der Waals surface area contributed by atoms with Crippen LogP contribution < -0.4 is 15.2 Å². The third-order valence-electron chi connectivity index (χ3n) is 3.53. The van der Waals surface area contributed by atoms with Gasteiger partial charge in [0.05, 0.1) is 17.1 Å². The van der Waals surface area contributed by atoms with Gasteiger partial charge in [-0.05, 0) is 13.8 Å². The number of carboxylic acid groups (broad SMARTS) is 1. The molecule has 2 unspecified atom stereocenters. The van der Waals surface area contributed by atoms with E-state index >= 15 is 0 Å². The van der Waals surface area contributed by atoms with E-state index in [-0.39, 0.29) is 6.04 Å². The molecule has 7 heteroatoms. The van der Waals surface area contributed by atoms with Gasteiger partial charge in [-0.2, -0.15) is 0 Å². The number of carbonyl (C=O) groups is 1. The fraction of sp³-hybridized carbons (Fsp3) is 0.429. The first kappa shape index (κ1) is 13.7. The Balaban J connectivity index is 2.26. The van der Waals surface area contributed by atoms with Crippen molar-refractivity contribution in [1.82, 2.24) is 9.55 Å². The maximum absolute atomic E-state index is 11.4. The number of nitrogens with zero attached hydrogens (tertiary/aromatic N) is 2. The molecule has 21 heavy (non-hydrogen) atoms. The van der Waals surface area contributed by atoms with E-state index in [1.54, 1.807) is 30.5 Å². The lowest BCUT2D eigenvalue weighted by Crippen LogP contribution is -2.21. The fourth-order valence-electron chi connectivity index (χ4n) is 2.49. The SMILES string of the molecule is CC(N)c1nc2cc3c(cc2n1C(C)C(=O)O)OCCO3. The zero-order valence-electron chi connectivity index (χ0n) is 11.9. The largest absolute Gasteiger partial charge is 0.486 e. The molecule has 0 saturated carbocycles. The molecule has 1 aliphatic heterocycles. The van der Waals surface area contributed by atoms with E-state index in [1.165, 1.54) is 0 Å². The molecule has 7 nitrogen and oxygen atoms in total. The summed E-state index contributed by atoms with van der Waals surface area (Å²) in [7, 11) is 0. The molecule has 0 amide bonds. The summed E-state index contributed by atoms with van der Waals surface area (Å²) in [6, 6.07) is 2.39. The number of carboxylic acids is 1. The first-order valence-electron chi connectivity index (χ1n) is 6.79. The second-order valence-corrected chi connectivity index (χ2v) is 5.13. The summed E-state index contributed by atoms with van der Waals surface area (Å²) in [4.78, 5) is 15.8. The van der Waals surface area contributed by atoms with Crippen LogP contribution >= 0.6 is 0 Å². The Morgan fingerprint density at radius 3 is 2.52 bits per heavy atom. The topological polar surface area (TPSA) is 99.6 Å². The van der Waals surface area contributed by atoms with Crippen LogP contribution in [0.15, 0.2) is 12.1 Å². The van der Waals surface area contributed by atoms with E-state index in [0.717, 1.165) is 0 Å². The fourth-order valence-corrected chi connectivity index (χ4v) is 2.49. The molecule has 2 heterocycles. The lowest BCUT2D eigenvalue weighted by Gasteiger charge is -2.19. The molecule has 0 bridgehead atoms. The third kappa shape index (κ3) is 2.19. The molecule has 0 spiro atoms. The second-order valence-electron chi connectivity index (χ2n) is 5.13. The average Bonchev–Trinajstić information content (AvgIpc) is 2.82. The van der Waals surface area contributed by atoms with Crippen molar-refractivity contribution in [3.05, 3.63) is 18.0 Å². The summed E-state index contributed by atoms with van der Waals surface area (Å²) < 4.78 is 12.7. The number of aromatic nitrogens is 2. The van der Waals surface area contributed by atoms with Gasteiger partial charge in [-0.25, -0.2) is 9.78 Å². The Morgan fingerprint density at radius 2 is 1.95 bits per heavy atom. The van der Waals surface area contributed by atoms with Gasteiger partial charge < -0.3 is 24.9 Å². The molecule has 0 aliphatic carbocycles. The highest BCUT2D eigenvalue weighted by Gasteiger charge is 2.25. The van der Waals surface area contributed by atoms with Crippen LogP contribution in [0.4, 0.5) is 0 Å². The zero-order chi connectivity index (χ0) is 15.1. The van der Waals surface area contributed by atoms with Crippen molar-refractivity contribution in [3.8, 4) is 11.5 Å². The second kappa shape index (κ2) is 4.92. The number of rotatable bonds is 3. The predicted octanol–water partition coefficient (Wildman–Crippen LogP) is 1.47. The van der Waals surface area contributed by atoms with Crippen LogP contribution in [-0.4, -0.2) is 33.8 Å². The van der Waals surface area contributed by atoms with Crippen LogP contribution in [0.5, 0.6) is 11.5 Å². The van der Waals surface area contributed by atoms with Gasteiger partial charge in [0.15, 0.2) is 11.5 Å². The van der Waals surface area contributed by atoms with Crippen molar-refractivity contribution < 1.29 is 19.4 Å². The molecule has 1 aromatic heterocycles. The monoisotopic (exact) mass is 291 g/mol. The summed E-state index contributed by atoms with van der Waals surface area (Å²) >= 11 is 0. The maximum Gasteiger partial charge on any atom is 0.326 e. The van der Waals surface area contributed by atoms with Gasteiger partial charge >= 0.3 is 5.97 Å². The number of fused-ring (bicyclic) bond motifs is 2. The highest BCUT2D eigenvalue weighted by atomic mass is 16.6. The smallest absolute Gasteiger partial charge is 0.326 e. The Bertz CT molecular complexity index is 708. The van der Waals surface area contributed by atoms with Crippen LogP contribution in [0, 0.1) is 0 Å². The summed E-state index contributed by atoms with van der Waals surface area (Å²) in [5.74, 6) is 0.814. The number of imidazole rings is 1. The standard InChI is InChI=1S/C14H17N3O4/c1-7(15)13-16-9-5-11-12(21-4-3-20-11)6-10(9)17(13)8(2)14(18)19/h5-8H,3-4,15H2,1-2H3,(H,18,19). The van der Waals surface area contributed by atoms with Crippen LogP contribution in [0.3, 0.4) is 0 Å². The van der Waals surface area contributed by atoms with Gasteiger partial charge in [0.1, 0.15) is 25.1 Å². The Kier molecular flexibility index (Phi) is 3.21. The van der Waals surface area contributed by atoms with E-state index in [1.807, 2.05) is 0 Å². The number of hydrogen-bond donors (Lipinski definition) is 2. The van der Waals surface area contributed by atoms with Crippen LogP contribution in [0.2, 0.25) is 0 Å². The number of ether oxygens (including phenoxy) is 2. The van der Waals surface area contributed by atoms with Gasteiger partial charge in [0.2, 0.25) is 0 Å². The first-order chi connectivity index (χ1) is 9.99. The minimum absolute atomic E-state index is 0.377. The van der Waals surface area contributed by atoms with Crippen LogP contribution in [0.25, 0.3) is 11.0 Å². The van der Waals surface area contributed by atoms with E-state index in [2.05, 4.69) is 4.98 Å². The van der Waals surface area contributed by atoms with E-state index < -0.39 is 12.0 Å². The van der Waals surface area contributed by atoms with Crippen molar-refractivity contribution in [3.63, 3.8) is 0 Å². The number of nitrogens with two attached hydrogens (primary N) is 1. The van der Waals surface area contributed by atoms with E-state index in [0.29, 0.717) is 41.6 Å². The molecule has 1 aliphatic rings. The summed E-state index contributed by atoms with van der Waals surface area (Å²) in [5.41, 5.74) is 7.27. The van der Waals surface area contributed by atoms with Crippen molar-refractivity contribution in [2.45, 2.75) is 25.9 Å². The minimum atomic E-state index is -0.939. The molecule has 2 aromatic rings. The summed E-state index contributed by atoms with van der Waals surface area (Å²) in [6.45, 7) is 4.34.